The highest BCUT2D eigenvalue weighted by Gasteiger charge is 1.85. The van der Waals surface area contributed by atoms with Gasteiger partial charge in [-0.25, -0.2) is 0 Å². The summed E-state index contributed by atoms with van der Waals surface area (Å²) in [6.07, 6.45) is 7.47. The Kier molecular flexibility index (Phi) is 3.13. The van der Waals surface area contributed by atoms with Crippen molar-refractivity contribution in [3.8, 4) is 0 Å². The molecule has 1 heterocycles. The van der Waals surface area contributed by atoms with Gasteiger partial charge in [0.25, 0.3) is 0 Å². The fourth-order valence-corrected chi connectivity index (χ4v) is 1.25. The first-order valence-electron chi connectivity index (χ1n) is 4.83. The lowest BCUT2D eigenvalue weighted by molar-refractivity contribution is 1.33. The van der Waals surface area contributed by atoms with Crippen LogP contribution in [0.2, 0.25) is 0 Å². The van der Waals surface area contributed by atoms with Gasteiger partial charge in [-0.1, -0.05) is 30.3 Å². The molecule has 0 spiro atoms. The van der Waals surface area contributed by atoms with E-state index in [1.165, 1.54) is 5.56 Å². The molecule has 0 aliphatic heterocycles. The lowest BCUT2D eigenvalue weighted by Gasteiger charge is -1.98. The standard InChI is InChI=1S/C13H12N2/c1-2-4-12(5-3-1)6-11-15-13-7-9-14-10-8-13/h1-11H,(H,14,15)/b11-6+. The minimum Gasteiger partial charge on any atom is -0.362 e. The molecular formula is C13H12N2. The molecule has 15 heavy (non-hydrogen) atoms. The van der Waals surface area contributed by atoms with E-state index in [0.717, 1.165) is 5.69 Å². The van der Waals surface area contributed by atoms with E-state index in [1.54, 1.807) is 12.4 Å². The highest BCUT2D eigenvalue weighted by molar-refractivity contribution is 5.54. The highest BCUT2D eigenvalue weighted by atomic mass is 14.8. The van der Waals surface area contributed by atoms with E-state index in [0.29, 0.717) is 0 Å². The van der Waals surface area contributed by atoms with Crippen molar-refractivity contribution < 1.29 is 0 Å². The monoisotopic (exact) mass is 196 g/mol. The molecule has 0 atom stereocenters. The Bertz CT molecular complexity index is 421. The van der Waals surface area contributed by atoms with Crippen molar-refractivity contribution in [1.29, 1.82) is 0 Å². The molecule has 2 nitrogen and oxygen atoms in total. The molecule has 0 aliphatic carbocycles. The van der Waals surface area contributed by atoms with E-state index in [9.17, 15) is 0 Å². The molecule has 0 saturated carbocycles. The first kappa shape index (κ1) is 9.46. The molecule has 74 valence electrons. The van der Waals surface area contributed by atoms with Crippen molar-refractivity contribution in [3.05, 3.63) is 66.6 Å². The summed E-state index contributed by atoms with van der Waals surface area (Å²) in [5.41, 5.74) is 2.22. The Morgan fingerprint density at radius 2 is 1.67 bits per heavy atom. The van der Waals surface area contributed by atoms with Crippen molar-refractivity contribution in [1.82, 2.24) is 4.98 Å². The van der Waals surface area contributed by atoms with Gasteiger partial charge in [0.2, 0.25) is 0 Å². The Morgan fingerprint density at radius 1 is 0.933 bits per heavy atom. The predicted molar refractivity (Wildman–Crippen MR) is 63.3 cm³/mol. The third-order valence-corrected chi connectivity index (χ3v) is 2.01. The van der Waals surface area contributed by atoms with Crippen LogP contribution in [0.15, 0.2) is 61.1 Å². The second kappa shape index (κ2) is 4.96. The fraction of sp³-hybridized carbons (Fsp3) is 0. The number of nitrogens with zero attached hydrogens (tertiary/aromatic N) is 1. The molecule has 1 aromatic heterocycles. The Hall–Kier alpha value is -2.09. The van der Waals surface area contributed by atoms with Gasteiger partial charge in [-0.05, 0) is 23.8 Å². The summed E-state index contributed by atoms with van der Waals surface area (Å²) in [4.78, 5) is 3.95. The Balaban J connectivity index is 1.97. The van der Waals surface area contributed by atoms with Crippen molar-refractivity contribution in [2.24, 2.45) is 0 Å². The van der Waals surface area contributed by atoms with E-state index < -0.39 is 0 Å². The van der Waals surface area contributed by atoms with E-state index in [2.05, 4.69) is 22.4 Å². The van der Waals surface area contributed by atoms with Crippen LogP contribution < -0.4 is 5.32 Å². The quantitative estimate of drug-likeness (QED) is 0.815. The largest absolute Gasteiger partial charge is 0.362 e. The van der Waals surface area contributed by atoms with E-state index in [4.69, 9.17) is 0 Å². The zero-order valence-electron chi connectivity index (χ0n) is 8.30. The van der Waals surface area contributed by atoms with Crippen LogP contribution in [0.4, 0.5) is 5.69 Å². The van der Waals surface area contributed by atoms with Crippen LogP contribution >= 0.6 is 0 Å². The highest BCUT2D eigenvalue weighted by Crippen LogP contribution is 2.05. The maximum Gasteiger partial charge on any atom is 0.0410 e. The maximum absolute atomic E-state index is 3.95. The molecule has 0 amide bonds. The van der Waals surface area contributed by atoms with Gasteiger partial charge in [-0.15, -0.1) is 0 Å². The van der Waals surface area contributed by atoms with Crippen molar-refractivity contribution in [2.45, 2.75) is 0 Å². The van der Waals surface area contributed by atoms with E-state index in [-0.39, 0.29) is 0 Å². The topological polar surface area (TPSA) is 24.9 Å². The SMILES string of the molecule is C(=C\c1ccccc1)/Nc1ccncc1. The number of rotatable bonds is 3. The van der Waals surface area contributed by atoms with Crippen molar-refractivity contribution in [2.75, 3.05) is 5.32 Å². The molecule has 2 heteroatoms. The second-order valence-corrected chi connectivity index (χ2v) is 3.12. The first-order chi connectivity index (χ1) is 7.45. The predicted octanol–water partition coefficient (Wildman–Crippen LogP) is 3.16. The van der Waals surface area contributed by atoms with Crippen LogP contribution in [0.25, 0.3) is 6.08 Å². The van der Waals surface area contributed by atoms with Crippen LogP contribution in [0, 0.1) is 0 Å². The lowest BCUT2D eigenvalue weighted by Crippen LogP contribution is -1.86. The smallest absolute Gasteiger partial charge is 0.0410 e. The molecule has 0 radical (unpaired) electrons. The van der Waals surface area contributed by atoms with Crippen LogP contribution in [0.5, 0.6) is 0 Å². The van der Waals surface area contributed by atoms with Gasteiger partial charge in [0.15, 0.2) is 0 Å². The first-order valence-corrected chi connectivity index (χ1v) is 4.83. The molecular weight excluding hydrogens is 184 g/mol. The molecule has 0 aliphatic rings. The third-order valence-electron chi connectivity index (χ3n) is 2.01. The number of hydrogen-bond acceptors (Lipinski definition) is 2. The van der Waals surface area contributed by atoms with Crippen LogP contribution in [0.3, 0.4) is 0 Å². The summed E-state index contributed by atoms with van der Waals surface area (Å²) in [7, 11) is 0. The molecule has 2 rings (SSSR count). The average molecular weight is 196 g/mol. The molecule has 0 unspecified atom stereocenters. The molecule has 2 aromatic rings. The number of nitrogens with one attached hydrogen (secondary N) is 1. The normalized spacial score (nSPS) is 10.4. The second-order valence-electron chi connectivity index (χ2n) is 3.12. The van der Waals surface area contributed by atoms with Gasteiger partial charge >= 0.3 is 0 Å². The van der Waals surface area contributed by atoms with Crippen molar-refractivity contribution >= 4 is 11.8 Å². The summed E-state index contributed by atoms with van der Waals surface area (Å²) in [5.74, 6) is 0. The van der Waals surface area contributed by atoms with Gasteiger partial charge in [0.05, 0.1) is 0 Å². The lowest BCUT2D eigenvalue weighted by atomic mass is 10.2. The van der Waals surface area contributed by atoms with Crippen LogP contribution in [-0.4, -0.2) is 4.98 Å². The number of aromatic nitrogens is 1. The summed E-state index contributed by atoms with van der Waals surface area (Å²) in [6.45, 7) is 0. The average Bonchev–Trinajstić information content (AvgIpc) is 2.32. The van der Waals surface area contributed by atoms with Crippen LogP contribution in [-0.2, 0) is 0 Å². The summed E-state index contributed by atoms with van der Waals surface area (Å²) in [6, 6.07) is 14.0. The van der Waals surface area contributed by atoms with Crippen molar-refractivity contribution in [3.63, 3.8) is 0 Å². The molecule has 1 aromatic carbocycles. The van der Waals surface area contributed by atoms with Gasteiger partial charge < -0.3 is 5.32 Å². The summed E-state index contributed by atoms with van der Waals surface area (Å²) >= 11 is 0. The zero-order valence-corrected chi connectivity index (χ0v) is 8.30. The number of pyridine rings is 1. The van der Waals surface area contributed by atoms with Gasteiger partial charge in [-0.3, -0.25) is 4.98 Å². The summed E-state index contributed by atoms with van der Waals surface area (Å²) < 4.78 is 0. The third kappa shape index (κ3) is 2.95. The van der Waals surface area contributed by atoms with Gasteiger partial charge in [-0.2, -0.15) is 0 Å². The minimum absolute atomic E-state index is 1.04. The Morgan fingerprint density at radius 3 is 2.40 bits per heavy atom. The minimum atomic E-state index is 1.04. The fourth-order valence-electron chi connectivity index (χ4n) is 1.25. The summed E-state index contributed by atoms with van der Waals surface area (Å²) in [5, 5.41) is 3.17. The number of anilines is 1. The van der Waals surface area contributed by atoms with E-state index >= 15 is 0 Å². The maximum atomic E-state index is 3.95. The Labute approximate surface area is 89.3 Å². The molecule has 0 fully saturated rings. The number of hydrogen-bond donors (Lipinski definition) is 1. The van der Waals surface area contributed by atoms with Gasteiger partial charge in [0.1, 0.15) is 0 Å². The molecule has 0 bridgehead atoms. The number of benzene rings is 1. The molecule has 0 saturated heterocycles. The zero-order chi connectivity index (χ0) is 10.3. The van der Waals surface area contributed by atoms with E-state index in [1.807, 2.05) is 42.6 Å². The molecule has 1 N–H and O–H groups in total. The van der Waals surface area contributed by atoms with Gasteiger partial charge in [0, 0.05) is 24.3 Å². The van der Waals surface area contributed by atoms with Crippen LogP contribution in [0.1, 0.15) is 5.56 Å².